The zero-order valence-corrected chi connectivity index (χ0v) is 11.6. The van der Waals surface area contributed by atoms with E-state index in [0.29, 0.717) is 5.57 Å². The fourth-order valence-electron chi connectivity index (χ4n) is 1.08. The molecular weight excluding hydrogens is 234 g/mol. The van der Waals surface area contributed by atoms with Crippen LogP contribution in [0.1, 0.15) is 19.8 Å². The molecule has 0 fully saturated rings. The SMILES string of the molecule is COC(=O)CC(=C/C=C(\C)N(C)C)CC(=O)OC. The Morgan fingerprint density at radius 2 is 1.44 bits per heavy atom. The van der Waals surface area contributed by atoms with Crippen molar-refractivity contribution in [1.82, 2.24) is 4.90 Å². The fraction of sp³-hybridized carbons (Fsp3) is 0.538. The summed E-state index contributed by atoms with van der Waals surface area (Å²) in [5.41, 5.74) is 1.68. The van der Waals surface area contributed by atoms with Gasteiger partial charge in [0.1, 0.15) is 0 Å². The Balaban J connectivity index is 4.84. The van der Waals surface area contributed by atoms with Crippen LogP contribution in [-0.2, 0) is 19.1 Å². The number of ether oxygens (including phenoxy) is 2. The van der Waals surface area contributed by atoms with E-state index in [1.807, 2.05) is 32.0 Å². The average Bonchev–Trinajstić information content (AvgIpc) is 2.34. The largest absolute Gasteiger partial charge is 0.469 e. The summed E-state index contributed by atoms with van der Waals surface area (Å²) in [6, 6.07) is 0. The second-order valence-electron chi connectivity index (χ2n) is 4.03. The van der Waals surface area contributed by atoms with Crippen molar-refractivity contribution in [2.24, 2.45) is 0 Å². The second-order valence-corrected chi connectivity index (χ2v) is 4.03. The zero-order valence-electron chi connectivity index (χ0n) is 11.6. The van der Waals surface area contributed by atoms with E-state index in [4.69, 9.17) is 0 Å². The van der Waals surface area contributed by atoms with Crippen LogP contribution in [0.3, 0.4) is 0 Å². The highest BCUT2D eigenvalue weighted by Crippen LogP contribution is 2.11. The molecule has 0 atom stereocenters. The Morgan fingerprint density at radius 1 is 1.00 bits per heavy atom. The maximum atomic E-state index is 11.2. The van der Waals surface area contributed by atoms with Crippen molar-refractivity contribution in [3.05, 3.63) is 23.4 Å². The van der Waals surface area contributed by atoms with Crippen LogP contribution in [0.5, 0.6) is 0 Å². The summed E-state index contributed by atoms with van der Waals surface area (Å²) >= 11 is 0. The number of hydrogen-bond donors (Lipinski definition) is 0. The van der Waals surface area contributed by atoms with Gasteiger partial charge in [-0.05, 0) is 18.6 Å². The molecule has 0 amide bonds. The molecule has 102 valence electrons. The molecule has 0 spiro atoms. The van der Waals surface area contributed by atoms with Crippen molar-refractivity contribution in [3.63, 3.8) is 0 Å². The van der Waals surface area contributed by atoms with Crippen LogP contribution < -0.4 is 0 Å². The van der Waals surface area contributed by atoms with E-state index in [0.717, 1.165) is 5.70 Å². The summed E-state index contributed by atoms with van der Waals surface area (Å²) in [5, 5.41) is 0. The van der Waals surface area contributed by atoms with E-state index in [9.17, 15) is 9.59 Å². The summed E-state index contributed by atoms with van der Waals surface area (Å²) < 4.78 is 9.17. The van der Waals surface area contributed by atoms with Crippen molar-refractivity contribution in [3.8, 4) is 0 Å². The molecule has 0 aromatic rings. The third-order valence-electron chi connectivity index (χ3n) is 2.46. The second kappa shape index (κ2) is 8.33. The van der Waals surface area contributed by atoms with Crippen molar-refractivity contribution in [2.45, 2.75) is 19.8 Å². The first-order valence-corrected chi connectivity index (χ1v) is 5.58. The first kappa shape index (κ1) is 16.2. The van der Waals surface area contributed by atoms with Gasteiger partial charge < -0.3 is 14.4 Å². The predicted octanol–water partition coefficient (Wildman–Crippen LogP) is 1.50. The van der Waals surface area contributed by atoms with Crippen molar-refractivity contribution < 1.29 is 19.1 Å². The Bertz CT molecular complexity index is 336. The lowest BCUT2D eigenvalue weighted by Gasteiger charge is -2.11. The quantitative estimate of drug-likeness (QED) is 0.532. The molecule has 0 aliphatic carbocycles. The number of esters is 2. The first-order valence-electron chi connectivity index (χ1n) is 5.58. The molecule has 5 heteroatoms. The molecular formula is C13H21NO4. The van der Waals surface area contributed by atoms with Gasteiger partial charge in [0.2, 0.25) is 0 Å². The van der Waals surface area contributed by atoms with Gasteiger partial charge in [-0.2, -0.15) is 0 Å². The van der Waals surface area contributed by atoms with Gasteiger partial charge in [0.05, 0.1) is 27.1 Å². The van der Waals surface area contributed by atoms with Gasteiger partial charge in [0.15, 0.2) is 0 Å². The molecule has 5 nitrogen and oxygen atoms in total. The first-order chi connectivity index (χ1) is 8.40. The highest BCUT2D eigenvalue weighted by Gasteiger charge is 2.10. The van der Waals surface area contributed by atoms with E-state index in [-0.39, 0.29) is 24.8 Å². The standard InChI is InChI=1S/C13H21NO4/c1-10(14(2)3)6-7-11(8-12(15)17-4)9-13(16)18-5/h6-7H,8-9H2,1-5H3/b10-6+. The number of carbonyl (C=O) groups excluding carboxylic acids is 2. The van der Waals surface area contributed by atoms with Crippen LogP contribution in [0.25, 0.3) is 0 Å². The third-order valence-corrected chi connectivity index (χ3v) is 2.46. The van der Waals surface area contributed by atoms with Crippen molar-refractivity contribution in [1.29, 1.82) is 0 Å². The van der Waals surface area contributed by atoms with E-state index >= 15 is 0 Å². The molecule has 0 aliphatic heterocycles. The minimum atomic E-state index is -0.374. The monoisotopic (exact) mass is 255 g/mol. The molecule has 0 rings (SSSR count). The lowest BCUT2D eigenvalue weighted by molar-refractivity contribution is -0.140. The summed E-state index contributed by atoms with van der Waals surface area (Å²) in [7, 11) is 6.47. The van der Waals surface area contributed by atoms with Crippen molar-refractivity contribution >= 4 is 11.9 Å². The molecule has 0 heterocycles. The molecule has 0 saturated carbocycles. The molecule has 0 aliphatic rings. The molecule has 0 bridgehead atoms. The van der Waals surface area contributed by atoms with Crippen LogP contribution >= 0.6 is 0 Å². The summed E-state index contributed by atoms with van der Waals surface area (Å²) in [5.74, 6) is -0.748. The smallest absolute Gasteiger partial charge is 0.309 e. The summed E-state index contributed by atoms with van der Waals surface area (Å²) in [4.78, 5) is 24.4. The summed E-state index contributed by atoms with van der Waals surface area (Å²) in [6.45, 7) is 1.93. The molecule has 0 saturated heterocycles. The van der Waals surface area contributed by atoms with Crippen LogP contribution in [0.4, 0.5) is 0 Å². The fourth-order valence-corrected chi connectivity index (χ4v) is 1.08. The number of rotatable bonds is 6. The number of nitrogens with zero attached hydrogens (tertiary/aromatic N) is 1. The van der Waals surface area contributed by atoms with Gasteiger partial charge in [0.25, 0.3) is 0 Å². The Kier molecular flexibility index (Phi) is 7.51. The average molecular weight is 255 g/mol. The van der Waals surface area contributed by atoms with E-state index in [1.165, 1.54) is 14.2 Å². The van der Waals surface area contributed by atoms with Gasteiger partial charge >= 0.3 is 11.9 Å². The molecule has 0 unspecified atom stereocenters. The Morgan fingerprint density at radius 3 is 1.78 bits per heavy atom. The molecule has 0 aromatic carbocycles. The zero-order chi connectivity index (χ0) is 14.1. The van der Waals surface area contributed by atoms with Gasteiger partial charge in [-0.25, -0.2) is 0 Å². The minimum Gasteiger partial charge on any atom is -0.469 e. The van der Waals surface area contributed by atoms with Gasteiger partial charge in [-0.1, -0.05) is 6.08 Å². The maximum Gasteiger partial charge on any atom is 0.309 e. The third kappa shape index (κ3) is 6.73. The molecule has 0 N–H and O–H groups in total. The Hall–Kier alpha value is -1.78. The van der Waals surface area contributed by atoms with Crippen molar-refractivity contribution in [2.75, 3.05) is 28.3 Å². The van der Waals surface area contributed by atoms with Gasteiger partial charge in [-0.15, -0.1) is 0 Å². The van der Waals surface area contributed by atoms with Crippen LogP contribution in [0.2, 0.25) is 0 Å². The molecule has 18 heavy (non-hydrogen) atoms. The van der Waals surface area contributed by atoms with Gasteiger partial charge in [-0.3, -0.25) is 9.59 Å². The highest BCUT2D eigenvalue weighted by molar-refractivity contribution is 5.77. The highest BCUT2D eigenvalue weighted by atomic mass is 16.5. The van der Waals surface area contributed by atoms with E-state index < -0.39 is 0 Å². The van der Waals surface area contributed by atoms with Crippen LogP contribution in [0.15, 0.2) is 23.4 Å². The Labute approximate surface area is 108 Å². The molecule has 0 aromatic heterocycles. The lowest BCUT2D eigenvalue weighted by atomic mass is 10.1. The van der Waals surface area contributed by atoms with E-state index in [2.05, 4.69) is 9.47 Å². The molecule has 0 radical (unpaired) electrons. The number of hydrogen-bond acceptors (Lipinski definition) is 5. The number of methoxy groups -OCH3 is 2. The van der Waals surface area contributed by atoms with Gasteiger partial charge in [0, 0.05) is 19.8 Å². The number of allylic oxidation sites excluding steroid dienone is 3. The topological polar surface area (TPSA) is 55.8 Å². The predicted molar refractivity (Wildman–Crippen MR) is 68.8 cm³/mol. The lowest BCUT2D eigenvalue weighted by Crippen LogP contribution is -2.09. The maximum absolute atomic E-state index is 11.2. The summed E-state index contributed by atoms with van der Waals surface area (Å²) in [6.07, 6.45) is 3.77. The number of carbonyl (C=O) groups is 2. The van der Waals surface area contributed by atoms with Crippen LogP contribution in [-0.4, -0.2) is 45.2 Å². The van der Waals surface area contributed by atoms with Crippen LogP contribution in [0, 0.1) is 0 Å². The van der Waals surface area contributed by atoms with E-state index in [1.54, 1.807) is 6.08 Å². The minimum absolute atomic E-state index is 0.0861. The normalized spacial score (nSPS) is 10.6.